The summed E-state index contributed by atoms with van der Waals surface area (Å²) in [5.41, 5.74) is 6.44. The normalized spacial score (nSPS) is 12.7. The van der Waals surface area contributed by atoms with Crippen molar-refractivity contribution in [3.05, 3.63) is 261 Å². The number of H-pyrrole nitrogens is 6. The van der Waals surface area contributed by atoms with Gasteiger partial charge in [-0.1, -0.05) is 34.8 Å². The van der Waals surface area contributed by atoms with Crippen LogP contribution in [0.25, 0.3) is 98.9 Å². The molecule has 0 bridgehead atoms. The van der Waals surface area contributed by atoms with Crippen LogP contribution in [0.15, 0.2) is 161 Å². The molecular weight excluding hydrogens is 1590 g/mol. The van der Waals surface area contributed by atoms with Crippen molar-refractivity contribution >= 4 is 147 Å². The fourth-order valence-electron chi connectivity index (χ4n) is 14.1. The van der Waals surface area contributed by atoms with Gasteiger partial charge in [0.1, 0.15) is 34.7 Å². The minimum Gasteiger partial charge on any atom is -0.345 e. The monoisotopic (exact) mass is 1660 g/mol. The van der Waals surface area contributed by atoms with E-state index in [0.29, 0.717) is 111 Å². The van der Waals surface area contributed by atoms with Crippen LogP contribution in [0.3, 0.4) is 0 Å². The van der Waals surface area contributed by atoms with Crippen molar-refractivity contribution in [1.82, 2.24) is 63.9 Å². The molecule has 0 amide bonds. The summed E-state index contributed by atoms with van der Waals surface area (Å²) in [6, 6.07) is 28.5. The molecule has 0 spiro atoms. The van der Waals surface area contributed by atoms with Gasteiger partial charge >= 0.3 is 0 Å². The Balaban J connectivity index is 0.000000142. The highest BCUT2D eigenvalue weighted by molar-refractivity contribution is 7.93. The molecule has 15 aromatic rings. The minimum absolute atomic E-state index is 0.00603. The quantitative estimate of drug-likeness (QED) is 0.0343. The molecule has 0 radical (unpaired) electrons. The number of nitrogens with zero attached hydrogens (tertiary/aromatic N) is 7. The van der Waals surface area contributed by atoms with E-state index in [1.807, 2.05) is 6.07 Å². The number of aryl methyl sites for hydroxylation is 3. The summed E-state index contributed by atoms with van der Waals surface area (Å²) >= 11 is 19.7. The van der Waals surface area contributed by atoms with E-state index in [0.717, 1.165) is 22.5 Å². The molecule has 9 aromatic heterocycles. The molecule has 0 aliphatic heterocycles. The van der Waals surface area contributed by atoms with Crippen molar-refractivity contribution in [2.24, 2.45) is 0 Å². The lowest BCUT2D eigenvalue weighted by Gasteiger charge is -2.14. The first-order valence-electron chi connectivity index (χ1n) is 35.3. The van der Waals surface area contributed by atoms with Gasteiger partial charge in [-0.3, -0.25) is 39.0 Å². The lowest BCUT2D eigenvalue weighted by atomic mass is 10.0. The average molecular weight is 1660 g/mol. The summed E-state index contributed by atoms with van der Waals surface area (Å²) in [6.45, 7) is 5.07. The lowest BCUT2D eigenvalue weighted by Crippen LogP contribution is -2.27. The van der Waals surface area contributed by atoms with Gasteiger partial charge in [0.15, 0.2) is 46.9 Å². The third-order valence-electron chi connectivity index (χ3n) is 19.8. The number of hydrogen-bond donors (Lipinski definition) is 6. The number of hydrogen-bond acceptors (Lipinski definition) is 16. The molecule has 1 aliphatic rings. The SMILES string of the molecule is Cc1cc2c(-c3ccc[nH]c3=O)c(C(=O)CS(=O)(=O)C3CC3)n(Cc3cc4cn[nH]c4cc3Cl)c2cc1F.Cc1cc2c(-c3ccc[nH]c3=O)c(C(=O)CS(=O)(=O)CCN(C)C)n(Cc3cc4cn[nH]c4cc3Cl)c2cc1F.Cc1cc2c(-c3ccc[nH]c3=O)c(C(=O)CS(C)(=O)=O)n(Cc3cc4[nH]cnc4cc3Cl)c2cc1F. The Bertz CT molecular complexity index is 7050. The van der Waals surface area contributed by atoms with Crippen LogP contribution in [-0.4, -0.2) is 162 Å². The maximum absolute atomic E-state index is 15.0. The highest BCUT2D eigenvalue weighted by atomic mass is 35.5. The summed E-state index contributed by atoms with van der Waals surface area (Å²) in [5, 5.41) is 17.3. The second kappa shape index (κ2) is 31.2. The number of Topliss-reactive ketones (excluding diaryl/α,β-unsaturated/α-hetero) is 3. The fourth-order valence-corrected chi connectivity index (χ4v) is 18.3. The molecule has 9 heterocycles. The molecule has 6 aromatic carbocycles. The molecule has 25 nitrogen and oxygen atoms in total. The molecule has 1 fully saturated rings. The van der Waals surface area contributed by atoms with E-state index in [4.69, 9.17) is 34.8 Å². The lowest BCUT2D eigenvalue weighted by molar-refractivity contribution is 0.100. The Labute approximate surface area is 661 Å². The van der Waals surface area contributed by atoms with Crippen molar-refractivity contribution < 1.29 is 52.8 Å². The van der Waals surface area contributed by atoms with Gasteiger partial charge < -0.3 is 38.5 Å². The maximum Gasteiger partial charge on any atom is 0.255 e. The Morgan fingerprint density at radius 3 is 1.28 bits per heavy atom. The molecule has 586 valence electrons. The topological polar surface area (TPSA) is 356 Å². The number of halogens is 6. The summed E-state index contributed by atoms with van der Waals surface area (Å²) in [7, 11) is -7.72. The number of aromatic nitrogens is 12. The van der Waals surface area contributed by atoms with Crippen molar-refractivity contribution in [3.63, 3.8) is 0 Å². The molecular formula is C80H69Cl3F3N13O12S3. The smallest absolute Gasteiger partial charge is 0.255 e. The summed E-state index contributed by atoms with van der Waals surface area (Å²) in [6.07, 6.45) is 11.2. The van der Waals surface area contributed by atoms with Crippen molar-refractivity contribution in [3.8, 4) is 33.4 Å². The van der Waals surface area contributed by atoms with E-state index in [1.54, 1.807) is 140 Å². The summed E-state index contributed by atoms with van der Waals surface area (Å²) in [5.74, 6) is -6.07. The second-order valence-corrected chi connectivity index (χ2v) is 36.3. The van der Waals surface area contributed by atoms with Crippen LogP contribution in [0.5, 0.6) is 0 Å². The molecule has 114 heavy (non-hydrogen) atoms. The Morgan fingerprint density at radius 1 is 0.509 bits per heavy atom. The first-order chi connectivity index (χ1) is 54.1. The van der Waals surface area contributed by atoms with Gasteiger partial charge in [0.25, 0.3) is 16.7 Å². The highest BCUT2D eigenvalue weighted by Gasteiger charge is 2.39. The number of fused-ring (bicyclic) bond motifs is 6. The minimum atomic E-state index is -3.81. The van der Waals surface area contributed by atoms with Gasteiger partial charge in [-0.05, 0) is 190 Å². The zero-order valence-electron chi connectivity index (χ0n) is 61.5. The Morgan fingerprint density at radius 2 is 0.895 bits per heavy atom. The van der Waals surface area contributed by atoms with E-state index in [-0.39, 0.29) is 82.4 Å². The average Bonchev–Trinajstić information content (AvgIpc) is 1.59. The zero-order chi connectivity index (χ0) is 81.3. The highest BCUT2D eigenvalue weighted by Crippen LogP contribution is 2.42. The predicted octanol–water partition coefficient (Wildman–Crippen LogP) is 13.2. The molecule has 6 N–H and O–H groups in total. The van der Waals surface area contributed by atoms with Crippen LogP contribution in [0, 0.1) is 38.2 Å². The second-order valence-electron chi connectivity index (χ2n) is 28.4. The van der Waals surface area contributed by atoms with Gasteiger partial charge in [-0.25, -0.2) is 43.4 Å². The van der Waals surface area contributed by atoms with E-state index in [2.05, 4.69) is 45.3 Å². The first kappa shape index (κ1) is 79.3. The maximum atomic E-state index is 15.0. The molecule has 34 heteroatoms. The van der Waals surface area contributed by atoms with Crippen LogP contribution >= 0.6 is 34.8 Å². The number of benzene rings is 6. The molecule has 0 atom stereocenters. The molecule has 0 saturated heterocycles. The third-order valence-corrected chi connectivity index (χ3v) is 25.3. The number of aromatic amines is 6. The van der Waals surface area contributed by atoms with Crippen molar-refractivity contribution in [2.45, 2.75) is 58.5 Å². The number of rotatable bonds is 22. The number of ketones is 3. The Hall–Kier alpha value is -11.3. The van der Waals surface area contributed by atoms with E-state index < -0.39 is 103 Å². The van der Waals surface area contributed by atoms with Gasteiger partial charge in [-0.15, -0.1) is 0 Å². The molecule has 0 unspecified atom stereocenters. The van der Waals surface area contributed by atoms with Gasteiger partial charge in [0.2, 0.25) is 0 Å². The molecule has 1 aliphatic carbocycles. The van der Waals surface area contributed by atoms with E-state index in [1.165, 1.54) is 53.8 Å². The van der Waals surface area contributed by atoms with Gasteiger partial charge in [0, 0.05) is 126 Å². The number of imidazole rings is 1. The van der Waals surface area contributed by atoms with Crippen molar-refractivity contribution in [1.29, 1.82) is 0 Å². The number of nitrogens with one attached hydrogen (secondary N) is 6. The van der Waals surface area contributed by atoms with E-state index >= 15 is 0 Å². The Kier molecular flexibility index (Phi) is 21.7. The summed E-state index contributed by atoms with van der Waals surface area (Å²) in [4.78, 5) is 96.8. The number of carbonyl (C=O) groups is 3. The largest absolute Gasteiger partial charge is 0.345 e. The van der Waals surface area contributed by atoms with Crippen LogP contribution in [-0.2, 0) is 49.1 Å². The van der Waals surface area contributed by atoms with Crippen LogP contribution in [0.4, 0.5) is 13.2 Å². The fraction of sp³-hybridized carbons (Fsp3) is 0.212. The van der Waals surface area contributed by atoms with E-state index in [9.17, 15) is 67.2 Å². The van der Waals surface area contributed by atoms with Gasteiger partial charge in [0.05, 0.1) is 85.4 Å². The number of pyridine rings is 3. The number of carbonyl (C=O) groups excluding carboxylic acids is 3. The first-order valence-corrected chi connectivity index (χ1v) is 42.0. The van der Waals surface area contributed by atoms with Crippen molar-refractivity contribution in [2.75, 3.05) is 49.9 Å². The van der Waals surface area contributed by atoms with Crippen LogP contribution < -0.4 is 16.7 Å². The van der Waals surface area contributed by atoms with Crippen LogP contribution in [0.1, 0.15) is 77.7 Å². The van der Waals surface area contributed by atoms with Crippen LogP contribution in [0.2, 0.25) is 15.1 Å². The standard InChI is InChI=1S/C28H27ClFN5O4S.C27H22ClFN4O4S.C25H20ClFN4O4S/c1-16-9-20-24(12-22(16)30)35(14-18-10-17-13-32-33-23(17)11-21(18)29)27(26(20)19-5-4-6-31-28(19)37)25(36)15-40(38,39)8-7-34(2)3;1-14-7-19-23(10-21(14)29)33(12-16-8-15-11-31-32-22(15)9-20(16)28)26(24(34)13-38(36,37)17-4-5-17)25(19)18-3-2-6-30-27(18)35;1-13-6-16-21(9-18(13)27)31(10-14-7-19-20(8-17(14)26)30-12-29-19)24(22(32)11-36(2,34)35)23(16)15-4-3-5-28-25(15)33/h4-6,9-13H,7-8,14-15H2,1-3H3,(H,31,37)(H,32,33);2-3,6-11,17H,4-5,12-13H2,1H3,(H,30,35)(H,31,32);3-9,12H,10-11H2,1-2H3,(H,28,33)(H,29,30). The molecule has 1 saturated carbocycles. The number of sulfone groups is 3. The summed E-state index contributed by atoms with van der Waals surface area (Å²) < 4.78 is 125. The van der Waals surface area contributed by atoms with Gasteiger partial charge in [-0.2, -0.15) is 10.2 Å². The third kappa shape index (κ3) is 16.0. The zero-order valence-corrected chi connectivity index (χ0v) is 66.2. The molecule has 16 rings (SSSR count). The predicted molar refractivity (Wildman–Crippen MR) is 435 cm³/mol.